The molecule has 0 radical (unpaired) electrons. The molecule has 1 aromatic carbocycles. The molecular weight excluding hydrogens is 337 g/mol. The Morgan fingerprint density at radius 3 is 2.50 bits per heavy atom. The summed E-state index contributed by atoms with van der Waals surface area (Å²) in [5.74, 6) is -2.67. The van der Waals surface area contributed by atoms with Crippen LogP contribution in [0.15, 0.2) is 30.3 Å². The van der Waals surface area contributed by atoms with Crippen LogP contribution in [0, 0.1) is 5.92 Å². The van der Waals surface area contributed by atoms with E-state index < -0.39 is 50.5 Å². The largest absolute Gasteiger partial charge is 0.459 e. The molecule has 0 spiro atoms. The molecule has 24 heavy (non-hydrogen) atoms. The first-order valence-corrected chi connectivity index (χ1v) is 9.10. The van der Waals surface area contributed by atoms with E-state index in [0.29, 0.717) is 0 Å². The number of β-lactam (4-membered cyclic amide) rings is 1. The quantitative estimate of drug-likeness (QED) is 0.596. The molecule has 2 aliphatic heterocycles. The third-order valence-electron chi connectivity index (χ3n) is 4.79. The van der Waals surface area contributed by atoms with Gasteiger partial charge in [0.15, 0.2) is 9.84 Å². The summed E-state index contributed by atoms with van der Waals surface area (Å²) in [7, 11) is -3.87. The Bertz CT molecular complexity index is 777. The summed E-state index contributed by atoms with van der Waals surface area (Å²) in [5.41, 5.74) is 0.748. The second kappa shape index (κ2) is 5.54. The average molecular weight is 355 g/mol. The first-order valence-electron chi connectivity index (χ1n) is 7.55. The summed E-state index contributed by atoms with van der Waals surface area (Å²) in [5, 5.41) is -1.28. The summed E-state index contributed by atoms with van der Waals surface area (Å²) in [6.45, 7) is 1.67. The second-order valence-corrected chi connectivity index (χ2v) is 9.17. The second-order valence-electron chi connectivity index (χ2n) is 6.54. The van der Waals surface area contributed by atoms with Crippen LogP contribution in [0.4, 0.5) is 4.39 Å². The van der Waals surface area contributed by atoms with Gasteiger partial charge in [0, 0.05) is 0 Å². The van der Waals surface area contributed by atoms with Gasteiger partial charge >= 0.3 is 5.97 Å². The van der Waals surface area contributed by atoms with Gasteiger partial charge in [0.05, 0.1) is 4.75 Å². The van der Waals surface area contributed by atoms with Crippen LogP contribution in [0.25, 0.3) is 0 Å². The number of esters is 1. The third-order valence-corrected chi connectivity index (χ3v) is 7.67. The molecule has 0 aliphatic carbocycles. The normalized spacial score (nSPS) is 29.7. The molecule has 1 aromatic rings. The monoisotopic (exact) mass is 355 g/mol. The molecule has 1 amide bonds. The van der Waals surface area contributed by atoms with Gasteiger partial charge < -0.3 is 9.64 Å². The Morgan fingerprint density at radius 1 is 1.29 bits per heavy atom. The van der Waals surface area contributed by atoms with Crippen molar-refractivity contribution in [3.05, 3.63) is 35.9 Å². The number of alkyl halides is 1. The predicted octanol–water partition coefficient (Wildman–Crippen LogP) is 1.06. The summed E-state index contributed by atoms with van der Waals surface area (Å²) < 4.78 is 41.9. The molecule has 0 N–H and O–H groups in total. The van der Waals surface area contributed by atoms with Gasteiger partial charge in [-0.15, -0.1) is 0 Å². The molecule has 2 heterocycles. The lowest BCUT2D eigenvalue weighted by Gasteiger charge is -2.41. The van der Waals surface area contributed by atoms with Gasteiger partial charge in [0.2, 0.25) is 5.91 Å². The molecule has 8 heteroatoms. The topological polar surface area (TPSA) is 80.8 Å². The summed E-state index contributed by atoms with van der Waals surface area (Å²) in [4.78, 5) is 25.5. The van der Waals surface area contributed by atoms with Crippen LogP contribution < -0.4 is 0 Å². The number of rotatable bonds is 4. The van der Waals surface area contributed by atoms with E-state index in [2.05, 4.69) is 0 Å². The van der Waals surface area contributed by atoms with Crippen molar-refractivity contribution in [2.24, 2.45) is 5.92 Å². The molecule has 2 aliphatic rings. The SMILES string of the molecule is CC1(C)[C@H](C(=O)OCc2ccccc2)N2C(=O)[C@@H](CF)[C@H]2S1(=O)=O. The van der Waals surface area contributed by atoms with Gasteiger partial charge in [-0.25, -0.2) is 13.2 Å². The zero-order chi connectivity index (χ0) is 17.7. The Morgan fingerprint density at radius 2 is 1.92 bits per heavy atom. The Labute approximate surface area is 139 Å². The van der Waals surface area contributed by atoms with E-state index in [1.807, 2.05) is 6.07 Å². The molecular formula is C16H18FNO5S. The van der Waals surface area contributed by atoms with Gasteiger partial charge in [0.1, 0.15) is 30.6 Å². The Balaban J connectivity index is 1.84. The lowest BCUT2D eigenvalue weighted by atomic mass is 9.92. The van der Waals surface area contributed by atoms with E-state index >= 15 is 0 Å². The van der Waals surface area contributed by atoms with Gasteiger partial charge in [-0.1, -0.05) is 30.3 Å². The lowest BCUT2D eigenvalue weighted by molar-refractivity contribution is -0.167. The van der Waals surface area contributed by atoms with Crippen molar-refractivity contribution in [3.8, 4) is 0 Å². The predicted molar refractivity (Wildman–Crippen MR) is 83.1 cm³/mol. The van der Waals surface area contributed by atoms with Crippen molar-refractivity contribution >= 4 is 21.7 Å². The standard InChI is InChI=1S/C16H18FNO5S/c1-16(2)12(15(20)23-9-10-6-4-3-5-7-10)18-13(19)11(8-17)14(18)24(16,21)22/h3-7,11-12,14H,8-9H2,1-2H3/t11-,12+,14-/m1/s1. The molecule has 0 saturated carbocycles. The van der Waals surface area contributed by atoms with Gasteiger partial charge in [-0.2, -0.15) is 0 Å². The minimum absolute atomic E-state index is 0.0223. The van der Waals surface area contributed by atoms with Crippen LogP contribution in [0.2, 0.25) is 0 Å². The van der Waals surface area contributed by atoms with Crippen LogP contribution in [0.1, 0.15) is 19.4 Å². The van der Waals surface area contributed by atoms with Crippen molar-refractivity contribution in [3.63, 3.8) is 0 Å². The number of nitrogens with zero attached hydrogens (tertiary/aromatic N) is 1. The number of hydrogen-bond donors (Lipinski definition) is 0. The van der Waals surface area contributed by atoms with Crippen LogP contribution in [-0.2, 0) is 30.8 Å². The summed E-state index contributed by atoms with van der Waals surface area (Å²) >= 11 is 0. The van der Waals surface area contributed by atoms with Crippen molar-refractivity contribution in [1.82, 2.24) is 4.90 Å². The highest BCUT2D eigenvalue weighted by atomic mass is 32.2. The highest BCUT2D eigenvalue weighted by molar-refractivity contribution is 7.93. The number of hydrogen-bond acceptors (Lipinski definition) is 5. The van der Waals surface area contributed by atoms with Crippen LogP contribution in [0.3, 0.4) is 0 Å². The van der Waals surface area contributed by atoms with E-state index in [0.717, 1.165) is 10.5 Å². The number of halogens is 1. The number of carbonyl (C=O) groups is 2. The molecule has 2 fully saturated rings. The summed E-state index contributed by atoms with van der Waals surface area (Å²) in [6.07, 6.45) is 0. The van der Waals surface area contributed by atoms with Crippen LogP contribution in [0.5, 0.6) is 0 Å². The maximum absolute atomic E-state index is 13.0. The first-order chi connectivity index (χ1) is 11.2. The van der Waals surface area contributed by atoms with Crippen LogP contribution in [-0.4, -0.2) is 48.0 Å². The zero-order valence-electron chi connectivity index (χ0n) is 13.3. The Kier molecular flexibility index (Phi) is 3.90. The average Bonchev–Trinajstić information content (AvgIpc) is 2.68. The number of amides is 1. The van der Waals surface area contributed by atoms with E-state index in [9.17, 15) is 22.4 Å². The van der Waals surface area contributed by atoms with E-state index in [1.54, 1.807) is 24.3 Å². The molecule has 0 aromatic heterocycles. The van der Waals surface area contributed by atoms with Gasteiger partial charge in [0.25, 0.3) is 0 Å². The van der Waals surface area contributed by atoms with Crippen molar-refractivity contribution in [1.29, 1.82) is 0 Å². The first kappa shape index (κ1) is 16.9. The molecule has 0 unspecified atom stereocenters. The fraction of sp³-hybridized carbons (Fsp3) is 0.500. The number of sulfone groups is 1. The number of ether oxygens (including phenoxy) is 1. The van der Waals surface area contributed by atoms with E-state index in [1.165, 1.54) is 13.8 Å². The van der Waals surface area contributed by atoms with Crippen LogP contribution >= 0.6 is 0 Å². The zero-order valence-corrected chi connectivity index (χ0v) is 14.1. The van der Waals surface area contributed by atoms with Crippen molar-refractivity contribution in [2.45, 2.75) is 36.6 Å². The Hall–Kier alpha value is -1.96. The minimum Gasteiger partial charge on any atom is -0.459 e. The fourth-order valence-electron chi connectivity index (χ4n) is 3.34. The molecule has 0 bridgehead atoms. The van der Waals surface area contributed by atoms with Gasteiger partial charge in [-0.05, 0) is 19.4 Å². The molecule has 3 atom stereocenters. The van der Waals surface area contributed by atoms with Crippen molar-refractivity contribution < 1.29 is 27.1 Å². The molecule has 130 valence electrons. The highest BCUT2D eigenvalue weighted by Gasteiger charge is 2.72. The fourth-order valence-corrected chi connectivity index (χ4v) is 5.63. The number of benzene rings is 1. The maximum atomic E-state index is 13.0. The number of fused-ring (bicyclic) bond motifs is 1. The van der Waals surface area contributed by atoms with E-state index in [-0.39, 0.29) is 6.61 Å². The minimum atomic E-state index is -3.87. The van der Waals surface area contributed by atoms with E-state index in [4.69, 9.17) is 4.74 Å². The van der Waals surface area contributed by atoms with Gasteiger partial charge in [-0.3, -0.25) is 9.18 Å². The summed E-state index contributed by atoms with van der Waals surface area (Å²) in [6, 6.07) is 7.66. The third kappa shape index (κ3) is 2.16. The number of carbonyl (C=O) groups excluding carboxylic acids is 2. The molecule has 3 rings (SSSR count). The van der Waals surface area contributed by atoms with Crippen molar-refractivity contribution in [2.75, 3.05) is 6.67 Å². The highest BCUT2D eigenvalue weighted by Crippen LogP contribution is 2.48. The smallest absolute Gasteiger partial charge is 0.330 e. The molecule has 2 saturated heterocycles. The lowest BCUT2D eigenvalue weighted by Crippen LogP contribution is -2.64. The maximum Gasteiger partial charge on any atom is 0.330 e. The molecule has 6 nitrogen and oxygen atoms in total.